The van der Waals surface area contributed by atoms with Crippen LogP contribution in [0.3, 0.4) is 0 Å². The fourth-order valence-electron chi connectivity index (χ4n) is 1.48. The molecular weight excluding hydrogens is 263 g/mol. The largest absolute Gasteiger partial charge is 0.573 e. The molecule has 0 saturated heterocycles. The molecular formula is C12H14F3NO3. The summed E-state index contributed by atoms with van der Waals surface area (Å²) in [7, 11) is 0. The van der Waals surface area contributed by atoms with Crippen LogP contribution in [0, 0.1) is 0 Å². The van der Waals surface area contributed by atoms with Crippen LogP contribution in [0.5, 0.6) is 5.75 Å². The second-order valence-corrected chi connectivity index (χ2v) is 4.02. The summed E-state index contributed by atoms with van der Waals surface area (Å²) in [6, 6.07) is 5.34. The third-order valence-electron chi connectivity index (χ3n) is 2.31. The number of anilines is 1. The van der Waals surface area contributed by atoms with Crippen LogP contribution in [0.15, 0.2) is 24.3 Å². The Balaban J connectivity index is 2.69. The molecule has 0 bridgehead atoms. The first-order chi connectivity index (χ1) is 8.78. The fraction of sp³-hybridized carbons (Fsp3) is 0.417. The minimum Gasteiger partial charge on any atom is -0.481 e. The number of rotatable bonds is 6. The summed E-state index contributed by atoms with van der Waals surface area (Å²) in [5, 5.41) is 11.3. The van der Waals surface area contributed by atoms with Crippen molar-refractivity contribution >= 4 is 11.7 Å². The Bertz CT molecular complexity index is 434. The normalized spacial score (nSPS) is 12.8. The van der Waals surface area contributed by atoms with Gasteiger partial charge in [-0.15, -0.1) is 13.2 Å². The molecule has 0 heterocycles. The van der Waals surface area contributed by atoms with Gasteiger partial charge < -0.3 is 15.2 Å². The standard InChI is InChI=1S/C12H14F3NO3/c1-8(6-7-11(17)18)16-9-4-2-3-5-10(9)19-12(13,14)15/h2-5,8,16H,6-7H2,1H3,(H,17,18). The molecule has 0 aliphatic carbocycles. The molecule has 0 fully saturated rings. The van der Waals surface area contributed by atoms with Crippen molar-refractivity contribution < 1.29 is 27.8 Å². The van der Waals surface area contributed by atoms with Crippen molar-refractivity contribution in [3.8, 4) is 5.75 Å². The molecule has 0 aromatic heterocycles. The molecule has 0 amide bonds. The van der Waals surface area contributed by atoms with Gasteiger partial charge in [0.25, 0.3) is 0 Å². The first kappa shape index (κ1) is 15.1. The summed E-state index contributed by atoms with van der Waals surface area (Å²) in [5.74, 6) is -1.29. The van der Waals surface area contributed by atoms with Crippen molar-refractivity contribution in [3.05, 3.63) is 24.3 Å². The second kappa shape index (κ2) is 6.31. The lowest BCUT2D eigenvalue weighted by molar-refractivity contribution is -0.274. The minimum atomic E-state index is -4.76. The number of carbonyl (C=O) groups is 1. The quantitative estimate of drug-likeness (QED) is 0.838. The van der Waals surface area contributed by atoms with E-state index in [0.717, 1.165) is 0 Å². The summed E-state index contributed by atoms with van der Waals surface area (Å²) < 4.78 is 40.4. The van der Waals surface area contributed by atoms with E-state index >= 15 is 0 Å². The molecule has 1 rings (SSSR count). The highest BCUT2D eigenvalue weighted by atomic mass is 19.4. The van der Waals surface area contributed by atoms with E-state index in [9.17, 15) is 18.0 Å². The van der Waals surface area contributed by atoms with Crippen molar-refractivity contribution in [2.75, 3.05) is 5.32 Å². The van der Waals surface area contributed by atoms with E-state index in [0.29, 0.717) is 6.42 Å². The predicted octanol–water partition coefficient (Wildman–Crippen LogP) is 3.25. The number of halogens is 3. The number of benzene rings is 1. The van der Waals surface area contributed by atoms with E-state index < -0.39 is 12.3 Å². The van der Waals surface area contributed by atoms with Crippen molar-refractivity contribution in [2.24, 2.45) is 0 Å². The van der Waals surface area contributed by atoms with E-state index in [1.165, 1.54) is 18.2 Å². The van der Waals surface area contributed by atoms with Crippen LogP contribution in [-0.2, 0) is 4.79 Å². The van der Waals surface area contributed by atoms with Crippen molar-refractivity contribution in [1.82, 2.24) is 0 Å². The maximum atomic E-state index is 12.2. The minimum absolute atomic E-state index is 0.0591. The maximum Gasteiger partial charge on any atom is 0.573 e. The summed E-state index contributed by atoms with van der Waals surface area (Å²) in [6.07, 6.45) is -4.52. The topological polar surface area (TPSA) is 58.6 Å². The summed E-state index contributed by atoms with van der Waals surface area (Å²) in [4.78, 5) is 10.4. The van der Waals surface area contributed by atoms with E-state index in [2.05, 4.69) is 10.1 Å². The highest BCUT2D eigenvalue weighted by Crippen LogP contribution is 2.30. The molecule has 0 radical (unpaired) electrons. The number of ether oxygens (including phenoxy) is 1. The number of carboxylic acid groups (broad SMARTS) is 1. The SMILES string of the molecule is CC(CCC(=O)O)Nc1ccccc1OC(F)(F)F. The zero-order valence-corrected chi connectivity index (χ0v) is 10.2. The summed E-state index contributed by atoms with van der Waals surface area (Å²) in [5.41, 5.74) is 0.178. The van der Waals surface area contributed by atoms with Gasteiger partial charge in [-0.2, -0.15) is 0 Å². The zero-order chi connectivity index (χ0) is 14.5. The van der Waals surface area contributed by atoms with Gasteiger partial charge in [0.05, 0.1) is 5.69 Å². The molecule has 0 aliphatic rings. The van der Waals surface area contributed by atoms with Gasteiger partial charge in [-0.1, -0.05) is 12.1 Å². The van der Waals surface area contributed by atoms with Crippen LogP contribution in [0.4, 0.5) is 18.9 Å². The molecule has 2 N–H and O–H groups in total. The highest BCUT2D eigenvalue weighted by Gasteiger charge is 2.32. The fourth-order valence-corrected chi connectivity index (χ4v) is 1.48. The Hall–Kier alpha value is -1.92. The van der Waals surface area contributed by atoms with Crippen LogP contribution in [0.2, 0.25) is 0 Å². The average Bonchev–Trinajstić information content (AvgIpc) is 2.27. The van der Waals surface area contributed by atoms with Gasteiger partial charge in [0.15, 0.2) is 5.75 Å². The molecule has 1 atom stereocenters. The first-order valence-electron chi connectivity index (χ1n) is 5.61. The van der Waals surface area contributed by atoms with Crippen LogP contribution in [0.1, 0.15) is 19.8 Å². The van der Waals surface area contributed by atoms with Crippen LogP contribution in [-0.4, -0.2) is 23.5 Å². The second-order valence-electron chi connectivity index (χ2n) is 4.02. The van der Waals surface area contributed by atoms with Crippen molar-refractivity contribution in [2.45, 2.75) is 32.2 Å². The van der Waals surface area contributed by atoms with Gasteiger partial charge in [-0.25, -0.2) is 0 Å². The van der Waals surface area contributed by atoms with Gasteiger partial charge >= 0.3 is 12.3 Å². The molecule has 19 heavy (non-hydrogen) atoms. The molecule has 4 nitrogen and oxygen atoms in total. The Morgan fingerprint density at radius 3 is 2.63 bits per heavy atom. The molecule has 1 aromatic carbocycles. The van der Waals surface area contributed by atoms with Gasteiger partial charge in [0, 0.05) is 12.5 Å². The third-order valence-corrected chi connectivity index (χ3v) is 2.31. The number of hydrogen-bond donors (Lipinski definition) is 2. The van der Waals surface area contributed by atoms with Crippen LogP contribution >= 0.6 is 0 Å². The lowest BCUT2D eigenvalue weighted by atomic mass is 10.1. The Morgan fingerprint density at radius 1 is 1.42 bits per heavy atom. The monoisotopic (exact) mass is 277 g/mol. The number of carboxylic acids is 1. The van der Waals surface area contributed by atoms with Gasteiger partial charge in [0.1, 0.15) is 0 Å². The molecule has 106 valence electrons. The Morgan fingerprint density at radius 2 is 2.05 bits per heavy atom. The number of hydrogen-bond acceptors (Lipinski definition) is 3. The van der Waals surface area contributed by atoms with Gasteiger partial charge in [-0.3, -0.25) is 4.79 Å². The third kappa shape index (κ3) is 5.98. The number of nitrogens with one attached hydrogen (secondary N) is 1. The van der Waals surface area contributed by atoms with E-state index in [1.54, 1.807) is 13.0 Å². The Labute approximate surface area is 108 Å². The van der Waals surface area contributed by atoms with Crippen molar-refractivity contribution in [3.63, 3.8) is 0 Å². The molecule has 1 unspecified atom stereocenters. The van der Waals surface area contributed by atoms with E-state index in [-0.39, 0.29) is 23.9 Å². The van der Waals surface area contributed by atoms with Gasteiger partial charge in [0.2, 0.25) is 0 Å². The van der Waals surface area contributed by atoms with E-state index in [4.69, 9.17) is 5.11 Å². The lowest BCUT2D eigenvalue weighted by Crippen LogP contribution is -2.21. The lowest BCUT2D eigenvalue weighted by Gasteiger charge is -2.18. The molecule has 0 spiro atoms. The number of aliphatic carboxylic acids is 1. The van der Waals surface area contributed by atoms with Gasteiger partial charge in [-0.05, 0) is 25.5 Å². The number of alkyl halides is 3. The maximum absolute atomic E-state index is 12.2. The molecule has 0 saturated carbocycles. The molecule has 7 heteroatoms. The summed E-state index contributed by atoms with van der Waals surface area (Å²) in [6.45, 7) is 1.69. The average molecular weight is 277 g/mol. The van der Waals surface area contributed by atoms with Crippen molar-refractivity contribution in [1.29, 1.82) is 0 Å². The zero-order valence-electron chi connectivity index (χ0n) is 10.2. The molecule has 1 aromatic rings. The van der Waals surface area contributed by atoms with E-state index in [1.807, 2.05) is 0 Å². The van der Waals surface area contributed by atoms with Crippen LogP contribution in [0.25, 0.3) is 0 Å². The number of para-hydroxylation sites is 2. The molecule has 0 aliphatic heterocycles. The highest BCUT2D eigenvalue weighted by molar-refractivity contribution is 5.66. The van der Waals surface area contributed by atoms with Crippen LogP contribution < -0.4 is 10.1 Å². The predicted molar refractivity (Wildman–Crippen MR) is 63.1 cm³/mol. The smallest absolute Gasteiger partial charge is 0.481 e. The Kier molecular flexibility index (Phi) is 5.02. The summed E-state index contributed by atoms with van der Waals surface area (Å²) >= 11 is 0. The first-order valence-corrected chi connectivity index (χ1v) is 5.61.